The second-order valence-corrected chi connectivity index (χ2v) is 2.61. The Morgan fingerprint density at radius 2 is 2.60 bits per heavy atom. The average Bonchev–Trinajstić information content (AvgIpc) is 2.37. The van der Waals surface area contributed by atoms with E-state index in [0.29, 0.717) is 18.6 Å². The summed E-state index contributed by atoms with van der Waals surface area (Å²) >= 11 is 1.44. The molecule has 2 nitrogen and oxygen atoms in total. The van der Waals surface area contributed by atoms with Crippen LogP contribution in [0.4, 0.5) is 4.39 Å². The summed E-state index contributed by atoms with van der Waals surface area (Å²) in [6, 6.07) is 0. The molecule has 54 valence electrons. The van der Waals surface area contributed by atoms with Gasteiger partial charge in [-0.3, -0.25) is 0 Å². The van der Waals surface area contributed by atoms with Crippen LogP contribution in [-0.2, 0) is 6.54 Å². The molecule has 4 heteroatoms. The van der Waals surface area contributed by atoms with Crippen molar-refractivity contribution in [2.45, 2.75) is 6.54 Å². The first-order valence-corrected chi connectivity index (χ1v) is 3.66. The topological polar surface area (TPSA) is 38.9 Å². The van der Waals surface area contributed by atoms with Crippen LogP contribution in [0.3, 0.4) is 0 Å². The van der Waals surface area contributed by atoms with Crippen LogP contribution in [0, 0.1) is 0 Å². The summed E-state index contributed by atoms with van der Waals surface area (Å²) in [7, 11) is 0. The highest BCUT2D eigenvalue weighted by Crippen LogP contribution is 2.09. The Balaban J connectivity index is 2.78. The second-order valence-electron chi connectivity index (χ2n) is 1.66. The van der Waals surface area contributed by atoms with Crippen molar-refractivity contribution in [2.75, 3.05) is 0 Å². The van der Waals surface area contributed by atoms with Gasteiger partial charge in [0.1, 0.15) is 5.01 Å². The summed E-state index contributed by atoms with van der Waals surface area (Å²) in [6.45, 7) is 0.421. The fraction of sp³-hybridized carbons (Fsp3) is 0.167. The van der Waals surface area contributed by atoms with Gasteiger partial charge in [0.05, 0.1) is 12.0 Å². The number of hydrogen-bond acceptors (Lipinski definition) is 3. The molecule has 0 atom stereocenters. The lowest BCUT2D eigenvalue weighted by molar-refractivity contribution is 0.727. The molecule has 1 aromatic rings. The third kappa shape index (κ3) is 1.62. The van der Waals surface area contributed by atoms with E-state index in [0.717, 1.165) is 5.01 Å². The number of rotatable bonds is 2. The number of nitrogens with zero attached hydrogens (tertiary/aromatic N) is 1. The van der Waals surface area contributed by atoms with Gasteiger partial charge in [0.25, 0.3) is 0 Å². The van der Waals surface area contributed by atoms with Crippen molar-refractivity contribution in [3.63, 3.8) is 0 Å². The van der Waals surface area contributed by atoms with E-state index in [1.807, 2.05) is 0 Å². The predicted molar refractivity (Wildman–Crippen MR) is 40.1 cm³/mol. The molecule has 0 aliphatic heterocycles. The van der Waals surface area contributed by atoms with Crippen molar-refractivity contribution in [1.82, 2.24) is 4.98 Å². The predicted octanol–water partition coefficient (Wildman–Crippen LogP) is 1.54. The Bertz CT molecular complexity index is 231. The summed E-state index contributed by atoms with van der Waals surface area (Å²) in [6.07, 6.45) is 1.77. The molecule has 0 saturated carbocycles. The molecule has 0 amide bonds. The van der Waals surface area contributed by atoms with Crippen LogP contribution in [0.2, 0.25) is 0 Å². The van der Waals surface area contributed by atoms with E-state index in [1.165, 1.54) is 17.4 Å². The van der Waals surface area contributed by atoms with Crippen LogP contribution >= 0.6 is 11.3 Å². The first-order valence-electron chi connectivity index (χ1n) is 2.78. The average molecular weight is 158 g/mol. The van der Waals surface area contributed by atoms with Crippen molar-refractivity contribution in [2.24, 2.45) is 5.73 Å². The summed E-state index contributed by atoms with van der Waals surface area (Å²) in [5.41, 5.74) is 5.92. The molecule has 1 aromatic heterocycles. The maximum atomic E-state index is 11.5. The van der Waals surface area contributed by atoms with Gasteiger partial charge in [-0.1, -0.05) is 0 Å². The zero-order valence-electron chi connectivity index (χ0n) is 5.25. The van der Waals surface area contributed by atoms with Gasteiger partial charge in [0.15, 0.2) is 0 Å². The fourth-order valence-corrected chi connectivity index (χ4v) is 1.20. The number of thiazole rings is 1. The highest BCUT2D eigenvalue weighted by molar-refractivity contribution is 7.09. The summed E-state index contributed by atoms with van der Waals surface area (Å²) in [4.78, 5) is 3.99. The summed E-state index contributed by atoms with van der Waals surface area (Å²) in [5.74, 6) is 0. The normalized spacial score (nSPS) is 11.0. The molecule has 0 spiro atoms. The van der Waals surface area contributed by atoms with E-state index in [1.54, 1.807) is 5.38 Å². The van der Waals surface area contributed by atoms with Crippen LogP contribution in [-0.4, -0.2) is 4.98 Å². The van der Waals surface area contributed by atoms with Gasteiger partial charge in [-0.25, -0.2) is 9.37 Å². The van der Waals surface area contributed by atoms with Gasteiger partial charge in [-0.2, -0.15) is 0 Å². The van der Waals surface area contributed by atoms with Gasteiger partial charge >= 0.3 is 0 Å². The third-order valence-electron chi connectivity index (χ3n) is 0.978. The smallest absolute Gasteiger partial charge is 0.107 e. The molecule has 0 radical (unpaired) electrons. The maximum absolute atomic E-state index is 11.5. The van der Waals surface area contributed by atoms with Crippen LogP contribution < -0.4 is 5.73 Å². The molecule has 0 saturated heterocycles. The molecule has 0 aromatic carbocycles. The molecule has 0 aliphatic carbocycles. The Morgan fingerprint density at radius 3 is 3.10 bits per heavy atom. The van der Waals surface area contributed by atoms with Crippen molar-refractivity contribution in [3.8, 4) is 0 Å². The molecule has 2 N–H and O–H groups in total. The van der Waals surface area contributed by atoms with E-state index in [9.17, 15) is 4.39 Å². The van der Waals surface area contributed by atoms with Crippen molar-refractivity contribution >= 4 is 17.4 Å². The highest BCUT2D eigenvalue weighted by Gasteiger charge is 1.94. The van der Waals surface area contributed by atoms with Gasteiger partial charge in [-0.05, 0) is 6.08 Å². The van der Waals surface area contributed by atoms with E-state index in [4.69, 9.17) is 5.73 Å². The molecular weight excluding hydrogens is 151 g/mol. The molecule has 0 bridgehead atoms. The van der Waals surface area contributed by atoms with Crippen LogP contribution in [0.5, 0.6) is 0 Å². The van der Waals surface area contributed by atoms with Gasteiger partial charge in [0.2, 0.25) is 0 Å². The number of hydrogen-bond donors (Lipinski definition) is 1. The second kappa shape index (κ2) is 3.43. The standard InChI is InChI=1S/C6H7FN2S/c7-2-1-5-4-10-6(3-8)9-5/h1-2,4H,3,8H2. The molecule has 0 unspecified atom stereocenters. The largest absolute Gasteiger partial charge is 0.325 e. The monoisotopic (exact) mass is 158 g/mol. The lowest BCUT2D eigenvalue weighted by atomic mass is 10.5. The molecule has 10 heavy (non-hydrogen) atoms. The minimum atomic E-state index is 0.421. The van der Waals surface area contributed by atoms with E-state index in [2.05, 4.69) is 4.98 Å². The Hall–Kier alpha value is -0.740. The first-order chi connectivity index (χ1) is 4.86. The molecular formula is C6H7FN2S. The lowest BCUT2D eigenvalue weighted by Crippen LogP contribution is -1.94. The van der Waals surface area contributed by atoms with Crippen LogP contribution in [0.15, 0.2) is 11.7 Å². The van der Waals surface area contributed by atoms with Crippen molar-refractivity contribution in [3.05, 3.63) is 22.4 Å². The van der Waals surface area contributed by atoms with Crippen LogP contribution in [0.25, 0.3) is 6.08 Å². The van der Waals surface area contributed by atoms with E-state index in [-0.39, 0.29) is 0 Å². The van der Waals surface area contributed by atoms with Gasteiger partial charge in [-0.15, -0.1) is 11.3 Å². The van der Waals surface area contributed by atoms with Crippen LogP contribution in [0.1, 0.15) is 10.7 Å². The van der Waals surface area contributed by atoms with E-state index < -0.39 is 0 Å². The Morgan fingerprint density at radius 1 is 1.80 bits per heavy atom. The highest BCUT2D eigenvalue weighted by atomic mass is 32.1. The fourth-order valence-electron chi connectivity index (χ4n) is 0.560. The summed E-state index contributed by atoms with van der Waals surface area (Å²) in [5, 5.41) is 2.59. The SMILES string of the molecule is NCc1nc(C=CF)cs1. The molecule has 0 aliphatic rings. The van der Waals surface area contributed by atoms with Crippen molar-refractivity contribution in [1.29, 1.82) is 0 Å². The number of halogens is 1. The molecule has 1 rings (SSSR count). The number of nitrogens with two attached hydrogens (primary N) is 1. The first kappa shape index (κ1) is 7.37. The molecule has 0 fully saturated rings. The lowest BCUT2D eigenvalue weighted by Gasteiger charge is -1.81. The zero-order chi connectivity index (χ0) is 7.40. The number of aromatic nitrogens is 1. The maximum Gasteiger partial charge on any atom is 0.107 e. The third-order valence-corrected chi connectivity index (χ3v) is 1.87. The van der Waals surface area contributed by atoms with Gasteiger partial charge in [0, 0.05) is 11.9 Å². The molecule has 1 heterocycles. The Kier molecular flexibility index (Phi) is 2.53. The minimum absolute atomic E-state index is 0.421. The quantitative estimate of drug-likeness (QED) is 0.709. The summed E-state index contributed by atoms with van der Waals surface area (Å²) < 4.78 is 11.5. The zero-order valence-corrected chi connectivity index (χ0v) is 6.07. The van der Waals surface area contributed by atoms with Gasteiger partial charge < -0.3 is 5.73 Å². The minimum Gasteiger partial charge on any atom is -0.325 e. The van der Waals surface area contributed by atoms with E-state index >= 15 is 0 Å². The Labute approximate surface area is 62.2 Å². The van der Waals surface area contributed by atoms with Crippen molar-refractivity contribution < 1.29 is 4.39 Å².